The predicted molar refractivity (Wildman–Crippen MR) is 80.0 cm³/mol. The van der Waals surface area contributed by atoms with Gasteiger partial charge in [0.2, 0.25) is 0 Å². The lowest BCUT2D eigenvalue weighted by molar-refractivity contribution is -0.385. The van der Waals surface area contributed by atoms with Crippen LogP contribution in [-0.2, 0) is 6.54 Å². The van der Waals surface area contributed by atoms with Gasteiger partial charge in [0.25, 0.3) is 5.69 Å². The molecule has 0 saturated heterocycles. The van der Waals surface area contributed by atoms with Crippen molar-refractivity contribution in [1.29, 1.82) is 0 Å². The molecule has 0 bridgehead atoms. The Morgan fingerprint density at radius 3 is 2.89 bits per heavy atom. The number of rotatable bonds is 7. The van der Waals surface area contributed by atoms with E-state index in [1.807, 2.05) is 17.8 Å². The van der Waals surface area contributed by atoms with E-state index in [9.17, 15) is 10.1 Å². The normalized spacial score (nSPS) is 12.4. The summed E-state index contributed by atoms with van der Waals surface area (Å²) in [5, 5.41) is 14.1. The van der Waals surface area contributed by atoms with Crippen LogP contribution in [0.2, 0.25) is 0 Å². The van der Waals surface area contributed by atoms with E-state index in [0.29, 0.717) is 16.9 Å². The van der Waals surface area contributed by atoms with Gasteiger partial charge in [0.1, 0.15) is 0 Å². The maximum absolute atomic E-state index is 10.8. The predicted octanol–water partition coefficient (Wildman–Crippen LogP) is 3.45. The molecule has 18 heavy (non-hydrogen) atoms. The fourth-order valence-electron chi connectivity index (χ4n) is 1.64. The van der Waals surface area contributed by atoms with Gasteiger partial charge in [0, 0.05) is 12.6 Å². The molecule has 0 aromatic heterocycles. The van der Waals surface area contributed by atoms with Crippen LogP contribution in [0.3, 0.4) is 0 Å². The number of hydrogen-bond acceptors (Lipinski definition) is 4. The van der Waals surface area contributed by atoms with Gasteiger partial charge in [-0.15, -0.1) is 0 Å². The second kappa shape index (κ2) is 7.76. The molecule has 0 aliphatic rings. The van der Waals surface area contributed by atoms with E-state index in [0.717, 1.165) is 17.9 Å². The highest BCUT2D eigenvalue weighted by molar-refractivity contribution is 9.10. The van der Waals surface area contributed by atoms with Crippen molar-refractivity contribution in [3.63, 3.8) is 0 Å². The van der Waals surface area contributed by atoms with Gasteiger partial charge in [-0.05, 0) is 46.0 Å². The van der Waals surface area contributed by atoms with E-state index in [2.05, 4.69) is 34.4 Å². The lowest BCUT2D eigenvalue weighted by Gasteiger charge is -2.11. The molecular formula is C12H17BrN2O2S. The van der Waals surface area contributed by atoms with E-state index in [1.54, 1.807) is 6.07 Å². The van der Waals surface area contributed by atoms with Gasteiger partial charge >= 0.3 is 0 Å². The number of thioether (sulfide) groups is 1. The van der Waals surface area contributed by atoms with E-state index in [1.165, 1.54) is 6.07 Å². The SMILES string of the molecule is CSCC(C)CNCc1cccc([N+](=O)[O-])c1Br. The molecule has 0 amide bonds. The largest absolute Gasteiger partial charge is 0.312 e. The zero-order valence-corrected chi connectivity index (χ0v) is 12.9. The van der Waals surface area contributed by atoms with Gasteiger partial charge in [-0.3, -0.25) is 10.1 Å². The lowest BCUT2D eigenvalue weighted by atomic mass is 10.2. The molecule has 0 aliphatic heterocycles. The molecule has 0 fully saturated rings. The van der Waals surface area contributed by atoms with Crippen molar-refractivity contribution >= 4 is 33.4 Å². The van der Waals surface area contributed by atoms with Crippen molar-refractivity contribution in [1.82, 2.24) is 5.32 Å². The highest BCUT2D eigenvalue weighted by atomic mass is 79.9. The number of nitro benzene ring substituents is 1. The summed E-state index contributed by atoms with van der Waals surface area (Å²) in [6.45, 7) is 3.74. The van der Waals surface area contributed by atoms with Crippen molar-refractivity contribution in [2.24, 2.45) is 5.92 Å². The van der Waals surface area contributed by atoms with Crippen LogP contribution in [-0.4, -0.2) is 23.5 Å². The number of halogens is 1. The van der Waals surface area contributed by atoms with Crippen molar-refractivity contribution in [3.8, 4) is 0 Å². The molecule has 1 rings (SSSR count). The van der Waals surface area contributed by atoms with Crippen LogP contribution in [0, 0.1) is 16.0 Å². The number of nitrogens with one attached hydrogen (secondary N) is 1. The Hall–Kier alpha value is -0.590. The van der Waals surface area contributed by atoms with E-state index < -0.39 is 0 Å². The second-order valence-electron chi connectivity index (χ2n) is 4.20. The van der Waals surface area contributed by atoms with Crippen LogP contribution in [0.25, 0.3) is 0 Å². The van der Waals surface area contributed by atoms with Crippen molar-refractivity contribution < 1.29 is 4.92 Å². The minimum atomic E-state index is -0.371. The summed E-state index contributed by atoms with van der Waals surface area (Å²) in [6, 6.07) is 5.11. The molecular weight excluding hydrogens is 316 g/mol. The van der Waals surface area contributed by atoms with Crippen LogP contribution >= 0.6 is 27.7 Å². The van der Waals surface area contributed by atoms with E-state index in [4.69, 9.17) is 0 Å². The molecule has 1 aromatic rings. The molecule has 1 unspecified atom stereocenters. The van der Waals surface area contributed by atoms with Gasteiger partial charge in [-0.25, -0.2) is 0 Å². The maximum atomic E-state index is 10.8. The minimum absolute atomic E-state index is 0.117. The van der Waals surface area contributed by atoms with E-state index in [-0.39, 0.29) is 10.6 Å². The average molecular weight is 333 g/mol. The molecule has 4 nitrogen and oxygen atoms in total. The zero-order chi connectivity index (χ0) is 13.5. The third-order valence-corrected chi connectivity index (χ3v) is 4.33. The van der Waals surface area contributed by atoms with Gasteiger partial charge in [-0.1, -0.05) is 19.1 Å². The molecule has 0 radical (unpaired) electrons. The Bertz CT molecular complexity index is 415. The molecule has 1 aromatic carbocycles. The molecule has 1 N–H and O–H groups in total. The average Bonchev–Trinajstić information content (AvgIpc) is 2.31. The van der Waals surface area contributed by atoms with E-state index >= 15 is 0 Å². The number of hydrogen-bond donors (Lipinski definition) is 1. The summed E-state index contributed by atoms with van der Waals surface area (Å²) in [7, 11) is 0. The number of benzene rings is 1. The first kappa shape index (κ1) is 15.5. The third-order valence-electron chi connectivity index (χ3n) is 2.51. The van der Waals surface area contributed by atoms with Crippen LogP contribution in [0.5, 0.6) is 0 Å². The Balaban J connectivity index is 2.57. The fraction of sp³-hybridized carbons (Fsp3) is 0.500. The summed E-state index contributed by atoms with van der Waals surface area (Å²) < 4.78 is 0.569. The standard InChI is InChI=1S/C12H17BrN2O2S/c1-9(8-18-2)6-14-7-10-4-3-5-11(12(10)13)15(16)17/h3-5,9,14H,6-8H2,1-2H3. The molecule has 0 aliphatic carbocycles. The maximum Gasteiger partial charge on any atom is 0.283 e. The number of nitrogens with zero attached hydrogens (tertiary/aromatic N) is 1. The summed E-state index contributed by atoms with van der Waals surface area (Å²) in [5.41, 5.74) is 1.03. The zero-order valence-electron chi connectivity index (χ0n) is 10.5. The Kier molecular flexibility index (Phi) is 6.67. The molecule has 0 saturated carbocycles. The van der Waals surface area contributed by atoms with Crippen LogP contribution in [0.15, 0.2) is 22.7 Å². The fourth-order valence-corrected chi connectivity index (χ4v) is 2.88. The quantitative estimate of drug-likeness (QED) is 0.613. The Morgan fingerprint density at radius 1 is 1.56 bits per heavy atom. The van der Waals surface area contributed by atoms with Crippen molar-refractivity contribution in [3.05, 3.63) is 38.3 Å². The second-order valence-corrected chi connectivity index (χ2v) is 5.90. The monoisotopic (exact) mass is 332 g/mol. The highest BCUT2D eigenvalue weighted by Gasteiger charge is 2.14. The smallest absolute Gasteiger partial charge is 0.283 e. The Labute approximate surface area is 120 Å². The molecule has 1 atom stereocenters. The van der Waals surface area contributed by atoms with Crippen LogP contribution in [0.4, 0.5) is 5.69 Å². The van der Waals surface area contributed by atoms with Crippen LogP contribution in [0.1, 0.15) is 12.5 Å². The van der Waals surface area contributed by atoms with Gasteiger partial charge in [-0.2, -0.15) is 11.8 Å². The molecule has 100 valence electrons. The third kappa shape index (κ3) is 4.59. The molecule has 0 spiro atoms. The first-order valence-corrected chi connectivity index (χ1v) is 7.86. The molecule has 6 heteroatoms. The summed E-state index contributed by atoms with van der Waals surface area (Å²) in [4.78, 5) is 10.4. The first-order chi connectivity index (χ1) is 8.56. The molecule has 0 heterocycles. The summed E-state index contributed by atoms with van der Waals surface area (Å²) in [5.74, 6) is 1.71. The lowest BCUT2D eigenvalue weighted by Crippen LogP contribution is -2.22. The minimum Gasteiger partial charge on any atom is -0.312 e. The topological polar surface area (TPSA) is 55.2 Å². The van der Waals surface area contributed by atoms with Crippen molar-refractivity contribution in [2.45, 2.75) is 13.5 Å². The van der Waals surface area contributed by atoms with Gasteiger partial charge in [0.05, 0.1) is 9.40 Å². The number of nitro groups is 1. The highest BCUT2D eigenvalue weighted by Crippen LogP contribution is 2.28. The van der Waals surface area contributed by atoms with Gasteiger partial charge < -0.3 is 5.32 Å². The first-order valence-electron chi connectivity index (χ1n) is 5.67. The van der Waals surface area contributed by atoms with Gasteiger partial charge in [0.15, 0.2) is 0 Å². The van der Waals surface area contributed by atoms with Crippen molar-refractivity contribution in [2.75, 3.05) is 18.6 Å². The van der Waals surface area contributed by atoms with Crippen LogP contribution < -0.4 is 5.32 Å². The Morgan fingerprint density at radius 2 is 2.28 bits per heavy atom. The summed E-state index contributed by atoms with van der Waals surface area (Å²) in [6.07, 6.45) is 2.09. The summed E-state index contributed by atoms with van der Waals surface area (Å²) >= 11 is 5.12.